The molecule has 0 radical (unpaired) electrons. The number of hydrogen-bond donors (Lipinski definition) is 2. The average Bonchev–Trinajstić information content (AvgIpc) is 3.62. The number of aliphatic hydroxyl groups excluding tert-OH is 1. The molecule has 260 valence electrons. The van der Waals surface area contributed by atoms with Crippen molar-refractivity contribution in [1.82, 2.24) is 19.9 Å². The molecule has 8 rings (SSSR count). The van der Waals surface area contributed by atoms with E-state index in [1.54, 1.807) is 34.9 Å². The molecule has 0 fully saturated rings. The number of rotatable bonds is 12. The SMILES string of the molecule is Cc1c(CC(=O)NCCCCCCCc2ccc3c4c(cccc24)-c2nc4ccccc4nc2-3)c2cc(CO)ccc2n1C(=O)c1ccc(Cl)cc1. The van der Waals surface area contributed by atoms with Crippen LogP contribution in [-0.4, -0.2) is 38.0 Å². The number of hydrogen-bond acceptors (Lipinski definition) is 5. The highest BCUT2D eigenvalue weighted by Gasteiger charge is 2.26. The van der Waals surface area contributed by atoms with Crippen molar-refractivity contribution in [2.75, 3.05) is 6.54 Å². The van der Waals surface area contributed by atoms with Gasteiger partial charge in [0.05, 0.1) is 41.0 Å². The fourth-order valence-electron chi connectivity index (χ4n) is 7.71. The molecule has 0 bridgehead atoms. The molecular formula is C44H39ClN4O3. The predicted octanol–water partition coefficient (Wildman–Crippen LogP) is 9.38. The van der Waals surface area contributed by atoms with Gasteiger partial charge in [-0.3, -0.25) is 14.2 Å². The zero-order chi connectivity index (χ0) is 35.8. The van der Waals surface area contributed by atoms with Gasteiger partial charge >= 0.3 is 0 Å². The van der Waals surface area contributed by atoms with Crippen LogP contribution in [-0.2, 0) is 24.2 Å². The maximum absolute atomic E-state index is 13.6. The third-order valence-electron chi connectivity index (χ3n) is 10.4. The van der Waals surface area contributed by atoms with Gasteiger partial charge in [-0.15, -0.1) is 0 Å². The molecule has 2 heterocycles. The Morgan fingerprint density at radius 3 is 2.23 bits per heavy atom. The summed E-state index contributed by atoms with van der Waals surface area (Å²) in [6.45, 7) is 2.35. The summed E-state index contributed by atoms with van der Waals surface area (Å²) in [7, 11) is 0. The Labute approximate surface area is 307 Å². The van der Waals surface area contributed by atoms with Crippen molar-refractivity contribution in [3.63, 3.8) is 0 Å². The first-order chi connectivity index (χ1) is 25.4. The van der Waals surface area contributed by atoms with E-state index < -0.39 is 0 Å². The third kappa shape index (κ3) is 6.25. The molecular weight excluding hydrogens is 668 g/mol. The number of para-hydroxylation sites is 2. The van der Waals surface area contributed by atoms with Crippen LogP contribution in [0.15, 0.2) is 97.1 Å². The van der Waals surface area contributed by atoms with Gasteiger partial charge in [0.2, 0.25) is 5.91 Å². The van der Waals surface area contributed by atoms with E-state index in [0.29, 0.717) is 28.3 Å². The van der Waals surface area contributed by atoms with Crippen LogP contribution < -0.4 is 5.32 Å². The number of halogens is 1. The lowest BCUT2D eigenvalue weighted by Crippen LogP contribution is -2.26. The van der Waals surface area contributed by atoms with Gasteiger partial charge in [-0.25, -0.2) is 9.97 Å². The Bertz CT molecular complexity index is 2450. The smallest absolute Gasteiger partial charge is 0.262 e. The van der Waals surface area contributed by atoms with Gasteiger partial charge in [-0.1, -0.05) is 79.4 Å². The van der Waals surface area contributed by atoms with Crippen LogP contribution in [0.25, 0.3) is 55.2 Å². The number of nitrogens with one attached hydrogen (secondary N) is 1. The van der Waals surface area contributed by atoms with Gasteiger partial charge in [-0.2, -0.15) is 0 Å². The van der Waals surface area contributed by atoms with Crippen molar-refractivity contribution >= 4 is 56.1 Å². The van der Waals surface area contributed by atoms with Crippen LogP contribution >= 0.6 is 11.6 Å². The van der Waals surface area contributed by atoms with Crippen LogP contribution in [0.4, 0.5) is 0 Å². The molecule has 2 aromatic heterocycles. The molecule has 0 saturated carbocycles. The maximum Gasteiger partial charge on any atom is 0.262 e. The van der Waals surface area contributed by atoms with Crippen LogP contribution in [0, 0.1) is 6.92 Å². The molecule has 0 atom stereocenters. The van der Waals surface area contributed by atoms with Crippen molar-refractivity contribution in [2.45, 2.75) is 58.5 Å². The number of unbranched alkanes of at least 4 members (excludes halogenated alkanes) is 4. The number of carbonyl (C=O) groups excluding carboxylic acids is 2. The molecule has 0 aliphatic heterocycles. The minimum atomic E-state index is -0.190. The van der Waals surface area contributed by atoms with Crippen molar-refractivity contribution in [1.29, 1.82) is 0 Å². The lowest BCUT2D eigenvalue weighted by molar-refractivity contribution is -0.120. The highest BCUT2D eigenvalue weighted by atomic mass is 35.5. The molecule has 0 saturated heterocycles. The van der Waals surface area contributed by atoms with E-state index in [1.165, 1.54) is 27.5 Å². The van der Waals surface area contributed by atoms with Crippen molar-refractivity contribution < 1.29 is 14.7 Å². The van der Waals surface area contributed by atoms with E-state index in [1.807, 2.05) is 43.3 Å². The van der Waals surface area contributed by atoms with Crippen LogP contribution in [0.3, 0.4) is 0 Å². The Balaban J connectivity index is 0.849. The number of aliphatic hydroxyl groups is 1. The molecule has 1 aliphatic rings. The number of aryl methyl sites for hydroxylation is 1. The van der Waals surface area contributed by atoms with Gasteiger partial charge in [0.25, 0.3) is 5.91 Å². The lowest BCUT2D eigenvalue weighted by atomic mass is 9.95. The van der Waals surface area contributed by atoms with Gasteiger partial charge in [-0.05, 0) is 96.8 Å². The highest BCUT2D eigenvalue weighted by Crippen LogP contribution is 2.46. The van der Waals surface area contributed by atoms with E-state index in [0.717, 1.165) is 77.5 Å². The second-order valence-electron chi connectivity index (χ2n) is 13.7. The molecule has 1 aliphatic carbocycles. The van der Waals surface area contributed by atoms with Crippen LogP contribution in [0.5, 0.6) is 0 Å². The van der Waals surface area contributed by atoms with Gasteiger partial charge in [0.1, 0.15) is 0 Å². The fraction of sp³-hybridized carbons (Fsp3) is 0.227. The van der Waals surface area contributed by atoms with Gasteiger partial charge < -0.3 is 10.4 Å². The van der Waals surface area contributed by atoms with E-state index >= 15 is 0 Å². The summed E-state index contributed by atoms with van der Waals surface area (Å²) in [5.74, 6) is -0.270. The molecule has 5 aromatic carbocycles. The summed E-state index contributed by atoms with van der Waals surface area (Å²) in [5, 5.41) is 16.8. The van der Waals surface area contributed by atoms with Crippen LogP contribution in [0.1, 0.15) is 64.8 Å². The second kappa shape index (κ2) is 14.3. The summed E-state index contributed by atoms with van der Waals surface area (Å²) >= 11 is 6.05. The van der Waals surface area contributed by atoms with Crippen LogP contribution in [0.2, 0.25) is 5.02 Å². The molecule has 7 aromatic rings. The summed E-state index contributed by atoms with van der Waals surface area (Å²) in [4.78, 5) is 36.7. The van der Waals surface area contributed by atoms with Gasteiger partial charge in [0, 0.05) is 44.7 Å². The van der Waals surface area contributed by atoms with Gasteiger partial charge in [0.15, 0.2) is 0 Å². The first-order valence-electron chi connectivity index (χ1n) is 18.0. The Morgan fingerprint density at radius 2 is 1.48 bits per heavy atom. The first-order valence-corrected chi connectivity index (χ1v) is 18.4. The number of carbonyl (C=O) groups is 2. The molecule has 0 unspecified atom stereocenters. The molecule has 8 heteroatoms. The number of nitrogens with zero attached hydrogens (tertiary/aromatic N) is 3. The average molecular weight is 707 g/mol. The molecule has 1 amide bonds. The van der Waals surface area contributed by atoms with E-state index in [2.05, 4.69) is 35.6 Å². The number of amides is 1. The Hall–Kier alpha value is -5.37. The predicted molar refractivity (Wildman–Crippen MR) is 209 cm³/mol. The number of benzene rings is 5. The Morgan fingerprint density at radius 1 is 0.769 bits per heavy atom. The summed E-state index contributed by atoms with van der Waals surface area (Å²) in [6.07, 6.45) is 6.45. The summed E-state index contributed by atoms with van der Waals surface area (Å²) in [5.41, 5.74) is 11.0. The summed E-state index contributed by atoms with van der Waals surface area (Å²) < 4.78 is 1.65. The third-order valence-corrected chi connectivity index (χ3v) is 10.6. The molecule has 7 nitrogen and oxygen atoms in total. The number of aromatic nitrogens is 3. The normalized spacial score (nSPS) is 11.8. The second-order valence-corrected chi connectivity index (χ2v) is 14.1. The monoisotopic (exact) mass is 706 g/mol. The molecule has 0 spiro atoms. The first kappa shape index (κ1) is 33.8. The van der Waals surface area contributed by atoms with E-state index in [9.17, 15) is 14.7 Å². The largest absolute Gasteiger partial charge is 0.392 e. The zero-order valence-corrected chi connectivity index (χ0v) is 29.8. The topological polar surface area (TPSA) is 97.1 Å². The Kier molecular flexibility index (Phi) is 9.30. The molecule has 2 N–H and O–H groups in total. The standard InChI is InChI=1S/C44H39ClN4O3/c1-27-35(36-24-28(26-50)15-22-39(36)49(27)44(52)30-16-19-31(45)20-17-30)25-40(51)46-23-8-4-2-3-5-10-29-18-21-34-41-32(29)11-9-12-33(41)42-43(34)48-38-14-7-6-13-37(38)47-42/h6-7,9,11-22,24,50H,2-5,8,10,23,25-26H2,1H3,(H,46,51). The van der Waals surface area contributed by atoms with Crippen molar-refractivity contribution in [3.05, 3.63) is 130 Å². The minimum Gasteiger partial charge on any atom is -0.392 e. The maximum atomic E-state index is 13.6. The highest BCUT2D eigenvalue weighted by molar-refractivity contribution is 6.30. The number of fused-ring (bicyclic) bond motifs is 5. The fourth-order valence-corrected chi connectivity index (χ4v) is 7.84. The minimum absolute atomic E-state index is 0.0804. The van der Waals surface area contributed by atoms with E-state index in [-0.39, 0.29) is 24.8 Å². The van der Waals surface area contributed by atoms with Crippen molar-refractivity contribution in [3.8, 4) is 22.5 Å². The quantitative estimate of drug-likeness (QED) is 0.123. The van der Waals surface area contributed by atoms with E-state index in [4.69, 9.17) is 21.6 Å². The lowest BCUT2D eigenvalue weighted by Gasteiger charge is -2.09. The summed E-state index contributed by atoms with van der Waals surface area (Å²) in [6, 6.07) is 31.4. The van der Waals surface area contributed by atoms with Crippen molar-refractivity contribution in [2.24, 2.45) is 0 Å². The molecule has 52 heavy (non-hydrogen) atoms. The zero-order valence-electron chi connectivity index (χ0n) is 29.1.